The van der Waals surface area contributed by atoms with Gasteiger partial charge in [0.05, 0.1) is 6.26 Å². The van der Waals surface area contributed by atoms with Crippen LogP contribution in [-0.2, 0) is 21.2 Å². The Balaban J connectivity index is 1.86. The maximum atomic E-state index is 13.1. The van der Waals surface area contributed by atoms with E-state index in [1.807, 2.05) is 0 Å². The summed E-state index contributed by atoms with van der Waals surface area (Å²) in [6.45, 7) is 1.04. The van der Waals surface area contributed by atoms with Gasteiger partial charge in [0.1, 0.15) is 5.82 Å². The van der Waals surface area contributed by atoms with E-state index in [1.54, 1.807) is 17.0 Å². The van der Waals surface area contributed by atoms with E-state index in [2.05, 4.69) is 4.72 Å². The van der Waals surface area contributed by atoms with Crippen molar-refractivity contribution in [3.8, 4) is 0 Å². The maximum absolute atomic E-state index is 13.1. The van der Waals surface area contributed by atoms with E-state index >= 15 is 0 Å². The first kappa shape index (κ1) is 16.9. The van der Waals surface area contributed by atoms with Crippen LogP contribution in [0.3, 0.4) is 0 Å². The highest BCUT2D eigenvalue weighted by molar-refractivity contribution is 7.88. The SMILES string of the molecule is CS(=O)(=O)NC1CCCN(C(=O)CCc2cccc(F)c2)C1. The van der Waals surface area contributed by atoms with Crippen LogP contribution in [0.1, 0.15) is 24.8 Å². The van der Waals surface area contributed by atoms with E-state index in [0.717, 1.165) is 24.7 Å². The van der Waals surface area contributed by atoms with Crippen molar-refractivity contribution in [2.75, 3.05) is 19.3 Å². The second kappa shape index (κ2) is 7.19. The third-order valence-corrected chi connectivity index (χ3v) is 4.43. The number of aryl methyl sites for hydroxylation is 1. The molecule has 0 aromatic heterocycles. The highest BCUT2D eigenvalue weighted by atomic mass is 32.2. The molecule has 122 valence electrons. The molecule has 2 rings (SSSR count). The highest BCUT2D eigenvalue weighted by Gasteiger charge is 2.25. The number of nitrogens with zero attached hydrogens (tertiary/aromatic N) is 1. The predicted molar refractivity (Wildman–Crippen MR) is 82.3 cm³/mol. The molecule has 1 atom stereocenters. The lowest BCUT2D eigenvalue weighted by Crippen LogP contribution is -2.49. The van der Waals surface area contributed by atoms with E-state index in [0.29, 0.717) is 25.9 Å². The van der Waals surface area contributed by atoms with Crippen molar-refractivity contribution in [3.63, 3.8) is 0 Å². The summed E-state index contributed by atoms with van der Waals surface area (Å²) in [5.74, 6) is -0.329. The number of amides is 1. The van der Waals surface area contributed by atoms with E-state index in [4.69, 9.17) is 0 Å². The molecule has 1 heterocycles. The third kappa shape index (κ3) is 5.38. The molecule has 0 saturated carbocycles. The van der Waals surface area contributed by atoms with Crippen LogP contribution in [0, 0.1) is 5.82 Å². The molecule has 1 aliphatic rings. The van der Waals surface area contributed by atoms with Gasteiger partial charge in [-0.1, -0.05) is 12.1 Å². The first-order valence-corrected chi connectivity index (χ1v) is 9.22. The van der Waals surface area contributed by atoms with E-state index < -0.39 is 10.0 Å². The molecule has 1 fully saturated rings. The summed E-state index contributed by atoms with van der Waals surface area (Å²) in [7, 11) is -3.26. The molecular weight excluding hydrogens is 307 g/mol. The fourth-order valence-electron chi connectivity index (χ4n) is 2.70. The van der Waals surface area contributed by atoms with Crippen molar-refractivity contribution in [1.82, 2.24) is 9.62 Å². The number of sulfonamides is 1. The minimum atomic E-state index is -3.26. The van der Waals surface area contributed by atoms with Gasteiger partial charge in [-0.15, -0.1) is 0 Å². The van der Waals surface area contributed by atoms with Gasteiger partial charge in [-0.3, -0.25) is 4.79 Å². The van der Waals surface area contributed by atoms with Crippen LogP contribution in [0.5, 0.6) is 0 Å². The van der Waals surface area contributed by atoms with Gasteiger partial charge < -0.3 is 4.90 Å². The highest BCUT2D eigenvalue weighted by Crippen LogP contribution is 2.14. The molecule has 0 bridgehead atoms. The number of hydrogen-bond acceptors (Lipinski definition) is 3. The van der Waals surface area contributed by atoms with Crippen LogP contribution in [0.2, 0.25) is 0 Å². The molecule has 0 radical (unpaired) electrons. The van der Waals surface area contributed by atoms with Crippen LogP contribution < -0.4 is 4.72 Å². The van der Waals surface area contributed by atoms with E-state index in [9.17, 15) is 17.6 Å². The Morgan fingerprint density at radius 3 is 2.91 bits per heavy atom. The number of nitrogens with one attached hydrogen (secondary N) is 1. The zero-order valence-corrected chi connectivity index (χ0v) is 13.4. The molecule has 1 aromatic carbocycles. The molecular formula is C15H21FN2O3S. The number of piperidine rings is 1. The van der Waals surface area contributed by atoms with Gasteiger partial charge in [0.15, 0.2) is 0 Å². The summed E-state index contributed by atoms with van der Waals surface area (Å²) in [6, 6.07) is 6.00. The first-order chi connectivity index (χ1) is 10.3. The fraction of sp³-hybridized carbons (Fsp3) is 0.533. The number of rotatable bonds is 5. The molecule has 0 aliphatic carbocycles. The summed E-state index contributed by atoms with van der Waals surface area (Å²) < 4.78 is 38.2. The van der Waals surface area contributed by atoms with Gasteiger partial charge >= 0.3 is 0 Å². The molecule has 1 aromatic rings. The minimum absolute atomic E-state index is 0.0238. The van der Waals surface area contributed by atoms with Crippen LogP contribution in [0.4, 0.5) is 4.39 Å². The molecule has 0 spiro atoms. The number of carbonyl (C=O) groups excluding carboxylic acids is 1. The van der Waals surface area contributed by atoms with E-state index in [-0.39, 0.29) is 17.8 Å². The monoisotopic (exact) mass is 328 g/mol. The molecule has 1 amide bonds. The fourth-order valence-corrected chi connectivity index (χ4v) is 3.50. The lowest BCUT2D eigenvalue weighted by molar-refractivity contribution is -0.132. The van der Waals surface area contributed by atoms with Crippen LogP contribution in [-0.4, -0.2) is 44.6 Å². The zero-order valence-electron chi connectivity index (χ0n) is 12.6. The van der Waals surface area contributed by atoms with Crippen LogP contribution >= 0.6 is 0 Å². The smallest absolute Gasteiger partial charge is 0.222 e. The van der Waals surface area contributed by atoms with Gasteiger partial charge in [-0.2, -0.15) is 0 Å². The Bertz CT molecular complexity index is 633. The quantitative estimate of drug-likeness (QED) is 0.886. The molecule has 1 aliphatic heterocycles. The van der Waals surface area contributed by atoms with Crippen molar-refractivity contribution in [2.45, 2.75) is 31.7 Å². The van der Waals surface area contributed by atoms with Gasteiger partial charge in [-0.05, 0) is 37.0 Å². The number of benzene rings is 1. The molecule has 1 N–H and O–H groups in total. The van der Waals surface area contributed by atoms with Gasteiger partial charge in [0.2, 0.25) is 15.9 Å². The second-order valence-corrected chi connectivity index (χ2v) is 7.48. The third-order valence-electron chi connectivity index (χ3n) is 3.67. The van der Waals surface area contributed by atoms with Gasteiger partial charge in [0.25, 0.3) is 0 Å². The summed E-state index contributed by atoms with van der Waals surface area (Å²) in [5, 5.41) is 0. The van der Waals surface area contributed by atoms with E-state index in [1.165, 1.54) is 12.1 Å². The minimum Gasteiger partial charge on any atom is -0.341 e. The molecule has 1 saturated heterocycles. The largest absolute Gasteiger partial charge is 0.341 e. The lowest BCUT2D eigenvalue weighted by Gasteiger charge is -2.32. The first-order valence-electron chi connectivity index (χ1n) is 7.33. The van der Waals surface area contributed by atoms with Gasteiger partial charge in [-0.25, -0.2) is 17.5 Å². The predicted octanol–water partition coefficient (Wildman–Crippen LogP) is 1.30. The second-order valence-electron chi connectivity index (χ2n) is 5.70. The summed E-state index contributed by atoms with van der Waals surface area (Å²) >= 11 is 0. The molecule has 1 unspecified atom stereocenters. The number of carbonyl (C=O) groups is 1. The Hall–Kier alpha value is -1.47. The Labute approximate surface area is 130 Å². The number of likely N-dealkylation sites (tertiary alicyclic amines) is 1. The number of hydrogen-bond donors (Lipinski definition) is 1. The summed E-state index contributed by atoms with van der Waals surface area (Å²) in [4.78, 5) is 13.9. The summed E-state index contributed by atoms with van der Waals surface area (Å²) in [6.07, 6.45) is 3.42. The Morgan fingerprint density at radius 1 is 1.45 bits per heavy atom. The molecule has 5 nitrogen and oxygen atoms in total. The Kier molecular flexibility index (Phi) is 5.52. The average molecular weight is 328 g/mol. The van der Waals surface area contributed by atoms with Crippen molar-refractivity contribution >= 4 is 15.9 Å². The van der Waals surface area contributed by atoms with Crippen molar-refractivity contribution in [2.24, 2.45) is 0 Å². The normalized spacial score (nSPS) is 19.2. The van der Waals surface area contributed by atoms with Crippen molar-refractivity contribution in [1.29, 1.82) is 0 Å². The maximum Gasteiger partial charge on any atom is 0.222 e. The molecule has 7 heteroatoms. The van der Waals surface area contributed by atoms with Crippen LogP contribution in [0.15, 0.2) is 24.3 Å². The van der Waals surface area contributed by atoms with Crippen LogP contribution in [0.25, 0.3) is 0 Å². The standard InChI is InChI=1S/C15H21FN2O3S/c1-22(20,21)17-14-6-3-9-18(11-14)15(19)8-7-12-4-2-5-13(16)10-12/h2,4-5,10,14,17H,3,6-9,11H2,1H3. The average Bonchev–Trinajstić information content (AvgIpc) is 2.43. The topological polar surface area (TPSA) is 66.5 Å². The van der Waals surface area contributed by atoms with Crippen molar-refractivity contribution in [3.05, 3.63) is 35.6 Å². The van der Waals surface area contributed by atoms with Gasteiger partial charge in [0, 0.05) is 25.6 Å². The Morgan fingerprint density at radius 2 is 2.23 bits per heavy atom. The lowest BCUT2D eigenvalue weighted by atomic mass is 10.0. The number of halogens is 1. The molecule has 22 heavy (non-hydrogen) atoms. The summed E-state index contributed by atoms with van der Waals surface area (Å²) in [5.41, 5.74) is 0.788. The van der Waals surface area contributed by atoms with Crippen molar-refractivity contribution < 1.29 is 17.6 Å². The zero-order chi connectivity index (χ0) is 16.2.